The molecule has 1 aliphatic rings. The smallest absolute Gasteiger partial charge is 0.398 e. The van der Waals surface area contributed by atoms with Crippen molar-refractivity contribution >= 4 is 18.5 Å². The van der Waals surface area contributed by atoms with E-state index in [1.54, 1.807) is 0 Å². The lowest BCUT2D eigenvalue weighted by Crippen LogP contribution is -2.41. The first kappa shape index (κ1) is 15.3. The summed E-state index contributed by atoms with van der Waals surface area (Å²) in [4.78, 5) is 4.63. The zero-order chi connectivity index (χ0) is 15.1. The van der Waals surface area contributed by atoms with Crippen LogP contribution in [0, 0.1) is 6.92 Å². The van der Waals surface area contributed by atoms with Gasteiger partial charge in [0, 0.05) is 6.04 Å². The first-order valence-electron chi connectivity index (χ1n) is 7.21. The van der Waals surface area contributed by atoms with Gasteiger partial charge in [-0.25, -0.2) is 4.98 Å². The SMILES string of the molecule is Cc1cc(NC(C)C)nc(B2OC(C)(C)C(C)(C)O2)c1. The molecule has 1 N–H and O–H groups in total. The van der Waals surface area contributed by atoms with Crippen LogP contribution in [0.15, 0.2) is 12.1 Å². The summed E-state index contributed by atoms with van der Waals surface area (Å²) in [6.07, 6.45) is 0. The number of hydrogen-bond acceptors (Lipinski definition) is 4. The normalized spacial score (nSPS) is 20.5. The van der Waals surface area contributed by atoms with Gasteiger partial charge in [-0.15, -0.1) is 0 Å². The van der Waals surface area contributed by atoms with E-state index in [1.807, 2.05) is 12.1 Å². The van der Waals surface area contributed by atoms with E-state index >= 15 is 0 Å². The van der Waals surface area contributed by atoms with Gasteiger partial charge in [0.05, 0.1) is 16.8 Å². The molecular weight excluding hydrogens is 251 g/mol. The number of rotatable bonds is 3. The molecule has 0 amide bonds. The van der Waals surface area contributed by atoms with Crippen molar-refractivity contribution in [3.8, 4) is 0 Å². The van der Waals surface area contributed by atoms with Gasteiger partial charge >= 0.3 is 7.12 Å². The van der Waals surface area contributed by atoms with Gasteiger partial charge in [-0.05, 0) is 66.2 Å². The van der Waals surface area contributed by atoms with Crippen molar-refractivity contribution in [2.24, 2.45) is 0 Å². The van der Waals surface area contributed by atoms with Gasteiger partial charge in [-0.2, -0.15) is 0 Å². The van der Waals surface area contributed by atoms with Crippen molar-refractivity contribution in [2.45, 2.75) is 65.7 Å². The van der Waals surface area contributed by atoms with Crippen LogP contribution in [0.1, 0.15) is 47.1 Å². The average Bonchev–Trinajstić information content (AvgIpc) is 2.46. The highest BCUT2D eigenvalue weighted by Crippen LogP contribution is 2.36. The van der Waals surface area contributed by atoms with Crippen molar-refractivity contribution in [3.63, 3.8) is 0 Å². The Kier molecular flexibility index (Phi) is 3.86. The standard InChI is InChI=1S/C15H25BN2O2/c1-10(2)17-13-9-11(3)8-12(18-13)16-19-14(4,5)15(6,7)20-16/h8-10H,1-7H3,(H,17,18). The maximum atomic E-state index is 6.05. The van der Waals surface area contributed by atoms with E-state index in [1.165, 1.54) is 0 Å². The average molecular weight is 276 g/mol. The third-order valence-corrected chi connectivity index (χ3v) is 3.92. The molecule has 0 unspecified atom stereocenters. The Morgan fingerprint density at radius 1 is 1.10 bits per heavy atom. The van der Waals surface area contributed by atoms with Gasteiger partial charge in [0.15, 0.2) is 0 Å². The van der Waals surface area contributed by atoms with Crippen molar-refractivity contribution in [1.82, 2.24) is 4.98 Å². The van der Waals surface area contributed by atoms with Crippen LogP contribution in [0.2, 0.25) is 0 Å². The first-order valence-corrected chi connectivity index (χ1v) is 7.21. The second kappa shape index (κ2) is 5.04. The second-order valence-corrected chi connectivity index (χ2v) is 6.84. The molecular formula is C15H25BN2O2. The molecule has 1 aliphatic heterocycles. The van der Waals surface area contributed by atoms with E-state index in [0.29, 0.717) is 6.04 Å². The monoisotopic (exact) mass is 276 g/mol. The van der Waals surface area contributed by atoms with Crippen LogP contribution < -0.4 is 10.9 Å². The van der Waals surface area contributed by atoms with Gasteiger partial charge < -0.3 is 14.6 Å². The topological polar surface area (TPSA) is 43.4 Å². The lowest BCUT2D eigenvalue weighted by atomic mass is 9.83. The summed E-state index contributed by atoms with van der Waals surface area (Å²) >= 11 is 0. The maximum Gasteiger partial charge on any atom is 0.514 e. The number of aryl methyl sites for hydroxylation is 1. The second-order valence-electron chi connectivity index (χ2n) is 6.84. The fourth-order valence-corrected chi connectivity index (χ4v) is 2.15. The van der Waals surface area contributed by atoms with Gasteiger partial charge in [0.1, 0.15) is 5.82 Å². The fraction of sp³-hybridized carbons (Fsp3) is 0.667. The van der Waals surface area contributed by atoms with Crippen LogP contribution in [0.5, 0.6) is 0 Å². The van der Waals surface area contributed by atoms with E-state index in [0.717, 1.165) is 17.0 Å². The minimum Gasteiger partial charge on any atom is -0.398 e. The first-order chi connectivity index (χ1) is 9.10. The Labute approximate surface area is 122 Å². The predicted octanol–water partition coefficient (Wildman–Crippen LogP) is 2.51. The lowest BCUT2D eigenvalue weighted by Gasteiger charge is -2.32. The van der Waals surface area contributed by atoms with E-state index < -0.39 is 7.12 Å². The maximum absolute atomic E-state index is 6.05. The summed E-state index contributed by atoms with van der Waals surface area (Å²) in [5, 5.41) is 3.33. The highest BCUT2D eigenvalue weighted by molar-refractivity contribution is 6.61. The molecule has 20 heavy (non-hydrogen) atoms. The Hall–Kier alpha value is -1.07. The molecule has 1 saturated heterocycles. The third kappa shape index (κ3) is 2.99. The van der Waals surface area contributed by atoms with Crippen LogP contribution in [0.25, 0.3) is 0 Å². The number of aromatic nitrogens is 1. The minimum atomic E-state index is -0.410. The van der Waals surface area contributed by atoms with Crippen molar-refractivity contribution < 1.29 is 9.31 Å². The Balaban J connectivity index is 2.28. The van der Waals surface area contributed by atoms with Gasteiger partial charge in [-0.1, -0.05) is 0 Å². The molecule has 110 valence electrons. The molecule has 1 aromatic heterocycles. The van der Waals surface area contributed by atoms with Gasteiger partial charge in [0.25, 0.3) is 0 Å². The molecule has 0 saturated carbocycles. The van der Waals surface area contributed by atoms with E-state index in [2.05, 4.69) is 58.8 Å². The number of nitrogens with zero attached hydrogens (tertiary/aromatic N) is 1. The van der Waals surface area contributed by atoms with Gasteiger partial charge in [-0.3, -0.25) is 0 Å². The number of nitrogens with one attached hydrogen (secondary N) is 1. The molecule has 0 bridgehead atoms. The molecule has 2 rings (SSSR count). The lowest BCUT2D eigenvalue weighted by molar-refractivity contribution is 0.00578. The number of pyridine rings is 1. The zero-order valence-electron chi connectivity index (χ0n) is 13.6. The molecule has 4 nitrogen and oxygen atoms in total. The summed E-state index contributed by atoms with van der Waals surface area (Å²) in [7, 11) is -0.410. The Bertz CT molecular complexity index is 485. The van der Waals surface area contributed by atoms with Crippen LogP contribution in [0.3, 0.4) is 0 Å². The summed E-state index contributed by atoms with van der Waals surface area (Å²) in [5.74, 6) is 0.865. The molecule has 0 radical (unpaired) electrons. The molecule has 0 aliphatic carbocycles. The quantitative estimate of drug-likeness (QED) is 0.861. The summed E-state index contributed by atoms with van der Waals surface area (Å²) in [5.41, 5.74) is 1.29. The summed E-state index contributed by atoms with van der Waals surface area (Å²) in [6, 6.07) is 4.40. The molecule has 2 heterocycles. The summed E-state index contributed by atoms with van der Waals surface area (Å²) in [6.45, 7) is 14.5. The van der Waals surface area contributed by atoms with Crippen molar-refractivity contribution in [1.29, 1.82) is 0 Å². The third-order valence-electron chi connectivity index (χ3n) is 3.92. The highest BCUT2D eigenvalue weighted by atomic mass is 16.7. The molecule has 1 aromatic rings. The molecule has 0 atom stereocenters. The van der Waals surface area contributed by atoms with Gasteiger partial charge in [0.2, 0.25) is 0 Å². The van der Waals surface area contributed by atoms with Crippen molar-refractivity contribution in [2.75, 3.05) is 5.32 Å². The van der Waals surface area contributed by atoms with E-state index in [4.69, 9.17) is 9.31 Å². The number of hydrogen-bond donors (Lipinski definition) is 1. The minimum absolute atomic E-state index is 0.339. The Morgan fingerprint density at radius 2 is 1.65 bits per heavy atom. The predicted molar refractivity (Wildman–Crippen MR) is 83.4 cm³/mol. The van der Waals surface area contributed by atoms with Crippen LogP contribution in [0.4, 0.5) is 5.82 Å². The molecule has 1 fully saturated rings. The molecule has 0 aromatic carbocycles. The largest absolute Gasteiger partial charge is 0.514 e. The van der Waals surface area contributed by atoms with Crippen LogP contribution >= 0.6 is 0 Å². The fourth-order valence-electron chi connectivity index (χ4n) is 2.15. The molecule has 5 heteroatoms. The zero-order valence-corrected chi connectivity index (χ0v) is 13.6. The van der Waals surface area contributed by atoms with E-state index in [-0.39, 0.29) is 11.2 Å². The van der Waals surface area contributed by atoms with E-state index in [9.17, 15) is 0 Å². The van der Waals surface area contributed by atoms with Crippen molar-refractivity contribution in [3.05, 3.63) is 17.7 Å². The van der Waals surface area contributed by atoms with Crippen LogP contribution in [-0.2, 0) is 9.31 Å². The molecule has 0 spiro atoms. The number of anilines is 1. The van der Waals surface area contributed by atoms with Crippen LogP contribution in [-0.4, -0.2) is 29.3 Å². The Morgan fingerprint density at radius 3 is 2.15 bits per heavy atom. The summed E-state index contributed by atoms with van der Waals surface area (Å²) < 4.78 is 12.1. The highest BCUT2D eigenvalue weighted by Gasteiger charge is 2.52.